The molecule has 6 heteroatoms. The summed E-state index contributed by atoms with van der Waals surface area (Å²) < 4.78 is 0. The van der Waals surface area contributed by atoms with Gasteiger partial charge in [-0.1, -0.05) is 13.8 Å². The molecule has 0 bridgehead atoms. The molecular formula is C16H23N3O3. The summed E-state index contributed by atoms with van der Waals surface area (Å²) in [6.07, 6.45) is 1.11. The van der Waals surface area contributed by atoms with E-state index in [4.69, 9.17) is 0 Å². The fraction of sp³-hybridized carbons (Fsp3) is 0.562. The molecule has 0 N–H and O–H groups in total. The lowest BCUT2D eigenvalue weighted by atomic mass is 9.91. The van der Waals surface area contributed by atoms with Gasteiger partial charge in [-0.2, -0.15) is 0 Å². The Balaban J connectivity index is 2.30. The van der Waals surface area contributed by atoms with Crippen molar-refractivity contribution >= 4 is 17.3 Å². The monoisotopic (exact) mass is 305 g/mol. The quantitative estimate of drug-likeness (QED) is 0.636. The number of carbonyl (C=O) groups excluding carboxylic acids is 1. The van der Waals surface area contributed by atoms with Crippen molar-refractivity contribution in [2.45, 2.75) is 20.3 Å². The van der Waals surface area contributed by atoms with E-state index in [1.54, 1.807) is 31.1 Å². The second-order valence-corrected chi connectivity index (χ2v) is 6.51. The molecule has 1 heterocycles. The third-order valence-electron chi connectivity index (χ3n) is 4.06. The van der Waals surface area contributed by atoms with Crippen LogP contribution in [0.1, 0.15) is 30.6 Å². The van der Waals surface area contributed by atoms with Gasteiger partial charge < -0.3 is 9.80 Å². The number of anilines is 1. The molecule has 0 radical (unpaired) electrons. The van der Waals surface area contributed by atoms with Gasteiger partial charge in [0, 0.05) is 38.8 Å². The van der Waals surface area contributed by atoms with Crippen LogP contribution in [-0.2, 0) is 0 Å². The van der Waals surface area contributed by atoms with E-state index in [-0.39, 0.29) is 11.6 Å². The highest BCUT2D eigenvalue weighted by Gasteiger charge is 2.27. The smallest absolute Gasteiger partial charge is 0.293 e. The first kappa shape index (κ1) is 16.3. The Hall–Kier alpha value is -2.11. The summed E-state index contributed by atoms with van der Waals surface area (Å²) in [5, 5.41) is 11.2. The molecule has 2 rings (SSSR count). The summed E-state index contributed by atoms with van der Waals surface area (Å²) in [5.74, 6) is 0.805. The first-order valence-electron chi connectivity index (χ1n) is 7.54. The number of nitrogens with zero attached hydrogens (tertiary/aromatic N) is 3. The second kappa shape index (κ2) is 6.34. The number of nitro groups is 1. The molecular weight excluding hydrogens is 282 g/mol. The molecule has 22 heavy (non-hydrogen) atoms. The largest absolute Gasteiger partial charge is 0.372 e. The van der Waals surface area contributed by atoms with Crippen LogP contribution in [0.15, 0.2) is 18.2 Å². The zero-order valence-electron chi connectivity index (χ0n) is 13.6. The Morgan fingerprint density at radius 3 is 2.36 bits per heavy atom. The van der Waals surface area contributed by atoms with E-state index in [2.05, 4.69) is 13.8 Å². The topological polar surface area (TPSA) is 66.7 Å². The van der Waals surface area contributed by atoms with Crippen molar-refractivity contribution in [2.24, 2.45) is 11.8 Å². The SMILES string of the molecule is CC1CC(C)CN(C(=O)c2ccc(N(C)C)c([N+](=O)[O-])c2)C1. The summed E-state index contributed by atoms with van der Waals surface area (Å²) in [5.41, 5.74) is 0.856. The van der Waals surface area contributed by atoms with Crippen LogP contribution in [0.5, 0.6) is 0 Å². The number of nitro benzene ring substituents is 1. The molecule has 1 amide bonds. The average Bonchev–Trinajstić information content (AvgIpc) is 2.44. The van der Waals surface area contributed by atoms with E-state index >= 15 is 0 Å². The predicted molar refractivity (Wildman–Crippen MR) is 86.3 cm³/mol. The molecule has 0 aromatic heterocycles. The van der Waals surface area contributed by atoms with Gasteiger partial charge in [-0.15, -0.1) is 0 Å². The van der Waals surface area contributed by atoms with Crippen LogP contribution in [0.25, 0.3) is 0 Å². The second-order valence-electron chi connectivity index (χ2n) is 6.51. The molecule has 2 unspecified atom stereocenters. The number of likely N-dealkylation sites (tertiary alicyclic amines) is 1. The number of amides is 1. The van der Waals surface area contributed by atoms with Crippen molar-refractivity contribution in [3.05, 3.63) is 33.9 Å². The molecule has 120 valence electrons. The lowest BCUT2D eigenvalue weighted by Gasteiger charge is -2.35. The van der Waals surface area contributed by atoms with Gasteiger partial charge >= 0.3 is 0 Å². The zero-order chi connectivity index (χ0) is 16.4. The molecule has 0 spiro atoms. The Kier molecular flexibility index (Phi) is 4.68. The molecule has 0 aliphatic carbocycles. The van der Waals surface area contributed by atoms with Gasteiger partial charge in [0.2, 0.25) is 0 Å². The van der Waals surface area contributed by atoms with E-state index in [1.807, 2.05) is 4.90 Å². The summed E-state index contributed by atoms with van der Waals surface area (Å²) in [6.45, 7) is 5.69. The Morgan fingerprint density at radius 2 is 1.86 bits per heavy atom. The third kappa shape index (κ3) is 3.37. The van der Waals surface area contributed by atoms with Gasteiger partial charge in [0.05, 0.1) is 4.92 Å². The van der Waals surface area contributed by atoms with Crippen LogP contribution >= 0.6 is 0 Å². The minimum absolute atomic E-state index is 0.0334. The van der Waals surface area contributed by atoms with E-state index in [9.17, 15) is 14.9 Å². The maximum atomic E-state index is 12.6. The van der Waals surface area contributed by atoms with Gasteiger partial charge in [-0.05, 0) is 30.4 Å². The van der Waals surface area contributed by atoms with Crippen LogP contribution < -0.4 is 4.90 Å². The van der Waals surface area contributed by atoms with Crippen LogP contribution in [0.2, 0.25) is 0 Å². The number of piperidine rings is 1. The maximum absolute atomic E-state index is 12.6. The summed E-state index contributed by atoms with van der Waals surface area (Å²) in [7, 11) is 3.50. The molecule has 1 aromatic carbocycles. The normalized spacial score (nSPS) is 21.5. The minimum Gasteiger partial charge on any atom is -0.372 e. The molecule has 1 aromatic rings. The Morgan fingerprint density at radius 1 is 1.27 bits per heavy atom. The van der Waals surface area contributed by atoms with Crippen molar-refractivity contribution < 1.29 is 9.72 Å². The Bertz CT molecular complexity index is 576. The molecule has 1 aliphatic rings. The summed E-state index contributed by atoms with van der Waals surface area (Å²) in [4.78, 5) is 26.9. The van der Waals surface area contributed by atoms with Gasteiger partial charge in [0.15, 0.2) is 0 Å². The van der Waals surface area contributed by atoms with Crippen molar-refractivity contribution in [2.75, 3.05) is 32.1 Å². The number of carbonyl (C=O) groups is 1. The number of rotatable bonds is 3. The van der Waals surface area contributed by atoms with Crippen LogP contribution in [-0.4, -0.2) is 42.9 Å². The van der Waals surface area contributed by atoms with Crippen molar-refractivity contribution in [3.8, 4) is 0 Å². The fourth-order valence-corrected chi connectivity index (χ4v) is 3.19. The maximum Gasteiger partial charge on any atom is 0.293 e. The molecule has 1 aliphatic heterocycles. The van der Waals surface area contributed by atoms with Crippen LogP contribution in [0, 0.1) is 22.0 Å². The van der Waals surface area contributed by atoms with E-state index in [0.29, 0.717) is 36.2 Å². The number of hydrogen-bond donors (Lipinski definition) is 0. The predicted octanol–water partition coefficient (Wildman–Crippen LogP) is 2.78. The first-order valence-corrected chi connectivity index (χ1v) is 7.54. The third-order valence-corrected chi connectivity index (χ3v) is 4.06. The van der Waals surface area contributed by atoms with Crippen molar-refractivity contribution in [1.82, 2.24) is 4.90 Å². The van der Waals surface area contributed by atoms with Gasteiger partial charge in [0.1, 0.15) is 5.69 Å². The average molecular weight is 305 g/mol. The highest BCUT2D eigenvalue weighted by atomic mass is 16.6. The van der Waals surface area contributed by atoms with Crippen LogP contribution in [0.4, 0.5) is 11.4 Å². The van der Waals surface area contributed by atoms with Gasteiger partial charge in [-0.25, -0.2) is 0 Å². The highest BCUT2D eigenvalue weighted by molar-refractivity contribution is 5.95. The van der Waals surface area contributed by atoms with Crippen LogP contribution in [0.3, 0.4) is 0 Å². The molecule has 0 saturated carbocycles. The first-order chi connectivity index (χ1) is 10.3. The molecule has 2 atom stereocenters. The van der Waals surface area contributed by atoms with Crippen molar-refractivity contribution in [1.29, 1.82) is 0 Å². The van der Waals surface area contributed by atoms with E-state index in [1.165, 1.54) is 6.07 Å². The van der Waals surface area contributed by atoms with Gasteiger partial charge in [-0.3, -0.25) is 14.9 Å². The lowest BCUT2D eigenvalue weighted by Crippen LogP contribution is -2.42. The highest BCUT2D eigenvalue weighted by Crippen LogP contribution is 2.29. The standard InChI is InChI=1S/C16H23N3O3/c1-11-7-12(2)10-18(9-11)16(20)13-5-6-14(17(3)4)15(8-13)19(21)22/h5-6,8,11-12H,7,9-10H2,1-4H3. The fourth-order valence-electron chi connectivity index (χ4n) is 3.19. The molecule has 1 saturated heterocycles. The lowest BCUT2D eigenvalue weighted by molar-refractivity contribution is -0.384. The summed E-state index contributed by atoms with van der Waals surface area (Å²) >= 11 is 0. The molecule has 6 nitrogen and oxygen atoms in total. The van der Waals surface area contributed by atoms with E-state index in [0.717, 1.165) is 6.42 Å². The summed E-state index contributed by atoms with van der Waals surface area (Å²) in [6, 6.07) is 4.71. The van der Waals surface area contributed by atoms with Gasteiger partial charge in [0.25, 0.3) is 11.6 Å². The number of benzene rings is 1. The number of hydrogen-bond acceptors (Lipinski definition) is 4. The minimum atomic E-state index is -0.437. The van der Waals surface area contributed by atoms with Crippen molar-refractivity contribution in [3.63, 3.8) is 0 Å². The zero-order valence-corrected chi connectivity index (χ0v) is 13.6. The Labute approximate surface area is 130 Å². The van der Waals surface area contributed by atoms with E-state index < -0.39 is 4.92 Å². The molecule has 1 fully saturated rings.